The highest BCUT2D eigenvalue weighted by Gasteiger charge is 2.30. The van der Waals surface area contributed by atoms with Crippen molar-refractivity contribution in [2.45, 2.75) is 30.7 Å². The lowest BCUT2D eigenvalue weighted by atomic mass is 10.2. The van der Waals surface area contributed by atoms with Crippen LogP contribution in [0.1, 0.15) is 18.9 Å². The van der Waals surface area contributed by atoms with Crippen molar-refractivity contribution in [2.24, 2.45) is 0 Å². The number of fused-ring (bicyclic) bond motifs is 4. The van der Waals surface area contributed by atoms with Gasteiger partial charge in [0.05, 0.1) is 4.90 Å². The molecule has 1 N–H and O–H groups in total. The largest absolute Gasteiger partial charge is 0.300 e. The van der Waals surface area contributed by atoms with Gasteiger partial charge in [0.25, 0.3) is 0 Å². The van der Waals surface area contributed by atoms with Crippen LogP contribution in [-0.4, -0.2) is 63.5 Å². The number of hydrogen-bond acceptors (Lipinski definition) is 4. The molecule has 5 nitrogen and oxygen atoms in total. The molecule has 2 bridgehead atoms. The number of piperazine rings is 1. The SMILES string of the molecule is CCc1ccccc1S(=O)(=O)NCC1CN2CCCN1CC2. The van der Waals surface area contributed by atoms with Gasteiger partial charge in [-0.25, -0.2) is 13.1 Å². The number of sulfonamides is 1. The minimum Gasteiger partial charge on any atom is -0.300 e. The van der Waals surface area contributed by atoms with Gasteiger partial charge >= 0.3 is 0 Å². The Morgan fingerprint density at radius 2 is 2.00 bits per heavy atom. The lowest BCUT2D eigenvalue weighted by Crippen LogP contribution is -2.54. The van der Waals surface area contributed by atoms with E-state index in [4.69, 9.17) is 0 Å². The molecule has 22 heavy (non-hydrogen) atoms. The fraction of sp³-hybridized carbons (Fsp3) is 0.625. The molecule has 4 rings (SSSR count). The monoisotopic (exact) mass is 323 g/mol. The van der Waals surface area contributed by atoms with E-state index in [0.717, 1.165) is 44.7 Å². The smallest absolute Gasteiger partial charge is 0.240 e. The Morgan fingerprint density at radius 3 is 2.82 bits per heavy atom. The number of benzene rings is 1. The van der Waals surface area contributed by atoms with Crippen LogP contribution >= 0.6 is 0 Å². The molecule has 0 radical (unpaired) electrons. The zero-order valence-electron chi connectivity index (χ0n) is 13.2. The molecular formula is C16H25N3O2S. The lowest BCUT2D eigenvalue weighted by Gasteiger charge is -2.37. The van der Waals surface area contributed by atoms with Gasteiger partial charge in [0, 0.05) is 32.2 Å². The minimum absolute atomic E-state index is 0.291. The van der Waals surface area contributed by atoms with E-state index in [2.05, 4.69) is 14.5 Å². The van der Waals surface area contributed by atoms with Gasteiger partial charge in [-0.3, -0.25) is 4.90 Å². The first-order valence-corrected chi connectivity index (χ1v) is 9.62. The topological polar surface area (TPSA) is 52.7 Å². The molecule has 3 unspecified atom stereocenters. The maximum atomic E-state index is 12.6. The van der Waals surface area contributed by atoms with Crippen molar-refractivity contribution < 1.29 is 8.42 Å². The summed E-state index contributed by atoms with van der Waals surface area (Å²) in [5.74, 6) is 0. The third-order valence-corrected chi connectivity index (χ3v) is 6.28. The Morgan fingerprint density at radius 1 is 1.18 bits per heavy atom. The maximum absolute atomic E-state index is 12.6. The third kappa shape index (κ3) is 3.35. The number of aryl methyl sites for hydroxylation is 1. The molecule has 122 valence electrons. The summed E-state index contributed by atoms with van der Waals surface area (Å²) in [4.78, 5) is 5.30. The zero-order valence-corrected chi connectivity index (χ0v) is 14.0. The lowest BCUT2D eigenvalue weighted by molar-refractivity contribution is 0.116. The first-order chi connectivity index (χ1) is 10.6. The molecular weight excluding hydrogens is 298 g/mol. The molecule has 3 fully saturated rings. The van der Waals surface area contributed by atoms with Crippen LogP contribution in [0, 0.1) is 0 Å². The number of nitrogens with zero attached hydrogens (tertiary/aromatic N) is 2. The molecule has 3 aliphatic heterocycles. The highest BCUT2D eigenvalue weighted by molar-refractivity contribution is 7.89. The normalized spacial score (nSPS) is 28.5. The van der Waals surface area contributed by atoms with E-state index < -0.39 is 10.0 Å². The predicted octanol–water partition coefficient (Wildman–Crippen LogP) is 0.917. The van der Waals surface area contributed by atoms with Crippen molar-refractivity contribution in [1.29, 1.82) is 0 Å². The second-order valence-electron chi connectivity index (χ2n) is 6.16. The van der Waals surface area contributed by atoms with Crippen LogP contribution in [0.2, 0.25) is 0 Å². The van der Waals surface area contributed by atoms with E-state index >= 15 is 0 Å². The maximum Gasteiger partial charge on any atom is 0.240 e. The number of nitrogens with one attached hydrogen (secondary N) is 1. The summed E-state index contributed by atoms with van der Waals surface area (Å²) in [7, 11) is -3.43. The molecule has 0 saturated carbocycles. The Kier molecular flexibility index (Phi) is 4.82. The van der Waals surface area contributed by atoms with Gasteiger partial charge in [-0.15, -0.1) is 0 Å². The molecule has 1 aromatic rings. The van der Waals surface area contributed by atoms with E-state index in [1.165, 1.54) is 6.42 Å². The van der Waals surface area contributed by atoms with Crippen LogP contribution in [0.5, 0.6) is 0 Å². The van der Waals surface area contributed by atoms with Crippen molar-refractivity contribution >= 4 is 10.0 Å². The minimum atomic E-state index is -3.43. The fourth-order valence-electron chi connectivity index (χ4n) is 3.49. The molecule has 3 saturated heterocycles. The van der Waals surface area contributed by atoms with Crippen molar-refractivity contribution in [3.05, 3.63) is 29.8 Å². The molecule has 0 spiro atoms. The molecule has 3 heterocycles. The second kappa shape index (κ2) is 6.66. The third-order valence-electron chi connectivity index (χ3n) is 4.76. The highest BCUT2D eigenvalue weighted by Crippen LogP contribution is 2.18. The molecule has 3 atom stereocenters. The highest BCUT2D eigenvalue weighted by atomic mass is 32.2. The second-order valence-corrected chi connectivity index (χ2v) is 7.89. The fourth-order valence-corrected chi connectivity index (χ4v) is 4.87. The van der Waals surface area contributed by atoms with Crippen molar-refractivity contribution in [3.8, 4) is 0 Å². The summed E-state index contributed by atoms with van der Waals surface area (Å²) in [6.45, 7) is 7.83. The average Bonchev–Trinajstić information content (AvgIpc) is 2.88. The number of rotatable bonds is 5. The van der Waals surface area contributed by atoms with Crippen molar-refractivity contribution in [1.82, 2.24) is 14.5 Å². The molecule has 6 heteroatoms. The van der Waals surface area contributed by atoms with E-state index in [9.17, 15) is 8.42 Å². The summed E-state index contributed by atoms with van der Waals surface area (Å²) in [5.41, 5.74) is 0.876. The average molecular weight is 323 g/mol. The Bertz CT molecular complexity index is 614. The van der Waals surface area contributed by atoms with Crippen LogP contribution in [-0.2, 0) is 16.4 Å². The molecule has 0 aliphatic carbocycles. The summed E-state index contributed by atoms with van der Waals surface area (Å²) in [5, 5.41) is 0. The molecule has 1 aromatic carbocycles. The van der Waals surface area contributed by atoms with Crippen LogP contribution in [0.15, 0.2) is 29.2 Å². The molecule has 0 aromatic heterocycles. The van der Waals surface area contributed by atoms with Crippen LogP contribution in [0.3, 0.4) is 0 Å². The summed E-state index contributed by atoms with van der Waals surface area (Å²) in [6.07, 6.45) is 1.91. The Hall–Kier alpha value is -0.950. The quantitative estimate of drug-likeness (QED) is 0.875. The van der Waals surface area contributed by atoms with E-state index in [1.807, 2.05) is 19.1 Å². The van der Waals surface area contributed by atoms with Crippen LogP contribution < -0.4 is 4.72 Å². The first-order valence-electron chi connectivity index (χ1n) is 8.14. The van der Waals surface area contributed by atoms with Gasteiger partial charge in [-0.05, 0) is 37.6 Å². The molecule has 3 aliphatic rings. The summed E-state index contributed by atoms with van der Waals surface area (Å²) < 4.78 is 28.0. The standard InChI is InChI=1S/C16H25N3O2S/c1-2-14-6-3-4-7-16(14)22(20,21)17-12-15-13-18-8-5-9-19(15)11-10-18/h3-4,6-7,15,17H,2,5,8-13H2,1H3. The Balaban J connectivity index is 1.70. The van der Waals surface area contributed by atoms with Crippen molar-refractivity contribution in [3.63, 3.8) is 0 Å². The zero-order chi connectivity index (χ0) is 15.6. The van der Waals surface area contributed by atoms with E-state index in [-0.39, 0.29) is 0 Å². The van der Waals surface area contributed by atoms with Gasteiger partial charge < -0.3 is 4.90 Å². The summed E-state index contributed by atoms with van der Waals surface area (Å²) >= 11 is 0. The number of hydrogen-bond donors (Lipinski definition) is 1. The van der Waals surface area contributed by atoms with Crippen molar-refractivity contribution in [2.75, 3.05) is 39.3 Å². The molecule has 0 amide bonds. The van der Waals surface area contributed by atoms with Gasteiger partial charge in [-0.1, -0.05) is 25.1 Å². The predicted molar refractivity (Wildman–Crippen MR) is 87.4 cm³/mol. The van der Waals surface area contributed by atoms with Gasteiger partial charge in [0.1, 0.15) is 0 Å². The van der Waals surface area contributed by atoms with E-state index in [0.29, 0.717) is 17.5 Å². The van der Waals surface area contributed by atoms with Crippen LogP contribution in [0.4, 0.5) is 0 Å². The van der Waals surface area contributed by atoms with Gasteiger partial charge in [0.2, 0.25) is 10.0 Å². The van der Waals surface area contributed by atoms with Crippen LogP contribution in [0.25, 0.3) is 0 Å². The summed E-state index contributed by atoms with van der Waals surface area (Å²) in [6, 6.07) is 7.55. The Labute approximate surface area is 133 Å². The van der Waals surface area contributed by atoms with E-state index in [1.54, 1.807) is 12.1 Å². The van der Waals surface area contributed by atoms with Gasteiger partial charge in [-0.2, -0.15) is 0 Å². The first kappa shape index (κ1) is 15.9. The van der Waals surface area contributed by atoms with Gasteiger partial charge in [0.15, 0.2) is 0 Å².